The zero-order valence-corrected chi connectivity index (χ0v) is 15.7. The molecule has 0 bridgehead atoms. The van der Waals surface area contributed by atoms with Gasteiger partial charge < -0.3 is 10.6 Å². The van der Waals surface area contributed by atoms with Gasteiger partial charge in [0, 0.05) is 6.54 Å². The summed E-state index contributed by atoms with van der Waals surface area (Å²) in [6, 6.07) is 16.6. The Hall–Kier alpha value is -2.67. The Kier molecular flexibility index (Phi) is 5.91. The Morgan fingerprint density at radius 3 is 2.41 bits per heavy atom. The second-order valence-electron chi connectivity index (χ2n) is 6.63. The van der Waals surface area contributed by atoms with Crippen molar-refractivity contribution in [3.05, 3.63) is 65.7 Å². The van der Waals surface area contributed by atoms with Gasteiger partial charge in [0.05, 0.1) is 28.7 Å². The van der Waals surface area contributed by atoms with Crippen LogP contribution in [0.1, 0.15) is 22.3 Å². The Morgan fingerprint density at radius 2 is 1.70 bits per heavy atom. The first kappa shape index (κ1) is 19.1. The number of nitrogens with one attached hydrogen (secondary N) is 2. The maximum Gasteiger partial charge on any atom is 0.253 e. The lowest BCUT2D eigenvalue weighted by atomic mass is 10.1. The van der Waals surface area contributed by atoms with Gasteiger partial charge in [-0.05, 0) is 30.5 Å². The molecule has 142 valence electrons. The van der Waals surface area contributed by atoms with Crippen LogP contribution in [0.15, 0.2) is 54.6 Å². The predicted octanol–water partition coefficient (Wildman–Crippen LogP) is 2.03. The van der Waals surface area contributed by atoms with Crippen molar-refractivity contribution in [3.8, 4) is 0 Å². The number of rotatable bonds is 6. The third kappa shape index (κ3) is 5.17. The van der Waals surface area contributed by atoms with E-state index in [1.165, 1.54) is 0 Å². The summed E-state index contributed by atoms with van der Waals surface area (Å²) in [4.78, 5) is 24.9. The number of para-hydroxylation sites is 1. The molecular formula is C20H22N2O4S. The van der Waals surface area contributed by atoms with Gasteiger partial charge in [-0.3, -0.25) is 9.59 Å². The average molecular weight is 386 g/mol. The molecule has 0 aliphatic carbocycles. The minimum atomic E-state index is -3.14. The first-order chi connectivity index (χ1) is 12.9. The second kappa shape index (κ2) is 8.35. The number of carbonyl (C=O) groups is 2. The van der Waals surface area contributed by atoms with Crippen molar-refractivity contribution in [2.24, 2.45) is 5.92 Å². The highest BCUT2D eigenvalue weighted by atomic mass is 32.2. The van der Waals surface area contributed by atoms with Crippen molar-refractivity contribution in [1.29, 1.82) is 0 Å². The molecule has 6 nitrogen and oxygen atoms in total. The van der Waals surface area contributed by atoms with Gasteiger partial charge in [-0.25, -0.2) is 8.42 Å². The topological polar surface area (TPSA) is 92.3 Å². The van der Waals surface area contributed by atoms with Crippen molar-refractivity contribution in [1.82, 2.24) is 5.32 Å². The van der Waals surface area contributed by atoms with Crippen LogP contribution in [0.25, 0.3) is 0 Å². The van der Waals surface area contributed by atoms with E-state index in [0.29, 0.717) is 30.6 Å². The first-order valence-electron chi connectivity index (χ1n) is 8.87. The lowest BCUT2D eigenvalue weighted by Crippen LogP contribution is -2.29. The normalized spacial score (nSPS) is 18.0. The fourth-order valence-corrected chi connectivity index (χ4v) is 4.83. The van der Waals surface area contributed by atoms with E-state index in [9.17, 15) is 18.0 Å². The molecule has 1 atom stereocenters. The minimum absolute atomic E-state index is 0.0344. The van der Waals surface area contributed by atoms with Crippen LogP contribution in [0, 0.1) is 5.92 Å². The lowest BCUT2D eigenvalue weighted by Gasteiger charge is -2.13. The summed E-state index contributed by atoms with van der Waals surface area (Å²) in [5.74, 6) is -1.30. The standard InChI is InChI=1S/C20H22N2O4S/c23-19(16-11-13-27(25,26)14-16)22-18-9-5-4-8-17(18)20(24)21-12-10-15-6-2-1-3-7-15/h1-9,16H,10-14H2,(H,21,24)(H,22,23). The van der Waals surface area contributed by atoms with E-state index in [-0.39, 0.29) is 23.3 Å². The van der Waals surface area contributed by atoms with E-state index in [2.05, 4.69) is 10.6 Å². The van der Waals surface area contributed by atoms with Crippen LogP contribution in [0.4, 0.5) is 5.69 Å². The van der Waals surface area contributed by atoms with Crippen LogP contribution in [-0.2, 0) is 21.1 Å². The monoisotopic (exact) mass is 386 g/mol. The molecule has 1 heterocycles. The molecule has 7 heteroatoms. The van der Waals surface area contributed by atoms with Crippen LogP contribution < -0.4 is 10.6 Å². The van der Waals surface area contributed by atoms with Gasteiger partial charge in [0.15, 0.2) is 9.84 Å². The molecule has 0 radical (unpaired) electrons. The zero-order valence-electron chi connectivity index (χ0n) is 14.9. The predicted molar refractivity (Wildman–Crippen MR) is 104 cm³/mol. The molecule has 1 fully saturated rings. The highest BCUT2D eigenvalue weighted by Crippen LogP contribution is 2.22. The second-order valence-corrected chi connectivity index (χ2v) is 8.86. The number of carbonyl (C=O) groups excluding carboxylic acids is 2. The molecule has 0 aromatic heterocycles. The van der Waals surface area contributed by atoms with E-state index >= 15 is 0 Å². The van der Waals surface area contributed by atoms with Crippen LogP contribution in [0.5, 0.6) is 0 Å². The Balaban J connectivity index is 1.61. The van der Waals surface area contributed by atoms with Gasteiger partial charge in [-0.2, -0.15) is 0 Å². The fraction of sp³-hybridized carbons (Fsp3) is 0.300. The van der Waals surface area contributed by atoms with E-state index in [4.69, 9.17) is 0 Å². The molecule has 2 aromatic carbocycles. The largest absolute Gasteiger partial charge is 0.352 e. The number of hydrogen-bond acceptors (Lipinski definition) is 4. The van der Waals surface area contributed by atoms with Crippen LogP contribution in [0.3, 0.4) is 0 Å². The van der Waals surface area contributed by atoms with E-state index < -0.39 is 15.8 Å². The maximum absolute atomic E-state index is 12.5. The fourth-order valence-electron chi connectivity index (χ4n) is 3.09. The molecule has 27 heavy (non-hydrogen) atoms. The number of hydrogen-bond donors (Lipinski definition) is 2. The highest BCUT2D eigenvalue weighted by molar-refractivity contribution is 7.91. The molecular weight excluding hydrogens is 364 g/mol. The van der Waals surface area contributed by atoms with E-state index in [0.717, 1.165) is 5.56 Å². The van der Waals surface area contributed by atoms with Gasteiger partial charge >= 0.3 is 0 Å². The summed E-state index contributed by atoms with van der Waals surface area (Å²) in [6.45, 7) is 0.478. The molecule has 1 unspecified atom stereocenters. The quantitative estimate of drug-likeness (QED) is 0.795. The minimum Gasteiger partial charge on any atom is -0.352 e. The van der Waals surface area contributed by atoms with Gasteiger partial charge in [-0.15, -0.1) is 0 Å². The average Bonchev–Trinajstić information content (AvgIpc) is 3.03. The van der Waals surface area contributed by atoms with Gasteiger partial charge in [0.1, 0.15) is 0 Å². The van der Waals surface area contributed by atoms with Gasteiger partial charge in [0.2, 0.25) is 5.91 Å². The molecule has 0 saturated carbocycles. The van der Waals surface area contributed by atoms with Gasteiger partial charge in [0.25, 0.3) is 5.91 Å². The number of anilines is 1. The molecule has 1 aliphatic rings. The smallest absolute Gasteiger partial charge is 0.253 e. The lowest BCUT2D eigenvalue weighted by molar-refractivity contribution is -0.119. The highest BCUT2D eigenvalue weighted by Gasteiger charge is 2.33. The Morgan fingerprint density at radius 1 is 1.00 bits per heavy atom. The Bertz CT molecular complexity index is 926. The van der Waals surface area contributed by atoms with Crippen LogP contribution in [0.2, 0.25) is 0 Å². The van der Waals surface area contributed by atoms with Crippen molar-refractivity contribution in [2.75, 3.05) is 23.4 Å². The van der Waals surface area contributed by atoms with Crippen molar-refractivity contribution >= 4 is 27.3 Å². The molecule has 2 aromatic rings. The number of amides is 2. The summed E-state index contributed by atoms with van der Waals surface area (Å²) in [5, 5.41) is 5.57. The molecule has 1 saturated heterocycles. The van der Waals surface area contributed by atoms with Crippen molar-refractivity contribution < 1.29 is 18.0 Å². The van der Waals surface area contributed by atoms with Crippen LogP contribution >= 0.6 is 0 Å². The van der Waals surface area contributed by atoms with Crippen molar-refractivity contribution in [2.45, 2.75) is 12.8 Å². The summed E-state index contributed by atoms with van der Waals surface area (Å²) in [7, 11) is -3.14. The maximum atomic E-state index is 12.5. The molecule has 0 spiro atoms. The summed E-state index contributed by atoms with van der Waals surface area (Å²) in [6.07, 6.45) is 1.03. The molecule has 3 rings (SSSR count). The number of benzene rings is 2. The summed E-state index contributed by atoms with van der Waals surface area (Å²) in [5.41, 5.74) is 1.88. The summed E-state index contributed by atoms with van der Waals surface area (Å²) >= 11 is 0. The number of sulfone groups is 1. The molecule has 2 N–H and O–H groups in total. The van der Waals surface area contributed by atoms with E-state index in [1.807, 2.05) is 30.3 Å². The molecule has 2 amide bonds. The SMILES string of the molecule is O=C(NCCc1ccccc1)c1ccccc1NC(=O)C1CCS(=O)(=O)C1. The van der Waals surface area contributed by atoms with Crippen molar-refractivity contribution in [3.63, 3.8) is 0 Å². The van der Waals surface area contributed by atoms with E-state index in [1.54, 1.807) is 24.3 Å². The zero-order chi connectivity index (χ0) is 19.3. The summed E-state index contributed by atoms with van der Waals surface area (Å²) < 4.78 is 23.1. The third-order valence-electron chi connectivity index (χ3n) is 4.57. The third-order valence-corrected chi connectivity index (χ3v) is 6.34. The Labute approximate surface area is 158 Å². The van der Waals surface area contributed by atoms with Crippen LogP contribution in [-0.4, -0.2) is 38.3 Å². The first-order valence-corrected chi connectivity index (χ1v) is 10.7. The molecule has 1 aliphatic heterocycles. The van der Waals surface area contributed by atoms with Gasteiger partial charge in [-0.1, -0.05) is 42.5 Å².